The van der Waals surface area contributed by atoms with E-state index in [4.69, 9.17) is 16.3 Å². The van der Waals surface area contributed by atoms with Crippen molar-refractivity contribution in [3.05, 3.63) is 109 Å². The monoisotopic (exact) mass is 361 g/mol. The van der Waals surface area contributed by atoms with Gasteiger partial charge in [0.15, 0.2) is 0 Å². The Morgan fingerprint density at radius 1 is 0.769 bits per heavy atom. The molecule has 26 heavy (non-hydrogen) atoms. The zero-order chi connectivity index (χ0) is 18.2. The van der Waals surface area contributed by atoms with Gasteiger partial charge >= 0.3 is 0 Å². The van der Waals surface area contributed by atoms with E-state index in [-0.39, 0.29) is 0 Å². The largest absolute Gasteiger partial charge is 0.494 e. The van der Waals surface area contributed by atoms with E-state index in [9.17, 15) is 0 Å². The van der Waals surface area contributed by atoms with Gasteiger partial charge in [0.25, 0.3) is 0 Å². The zero-order valence-corrected chi connectivity index (χ0v) is 15.5. The van der Waals surface area contributed by atoms with Crippen LogP contribution >= 0.6 is 11.6 Å². The molecule has 0 unspecified atom stereocenters. The van der Waals surface area contributed by atoms with Crippen molar-refractivity contribution in [1.82, 2.24) is 0 Å². The first kappa shape index (κ1) is 18.3. The zero-order valence-electron chi connectivity index (χ0n) is 14.7. The van der Waals surface area contributed by atoms with Crippen LogP contribution in [0.15, 0.2) is 84.9 Å². The smallest absolute Gasteiger partial charge is 0.119 e. The van der Waals surface area contributed by atoms with Crippen LogP contribution in [-0.2, 0) is 0 Å². The van der Waals surface area contributed by atoms with E-state index in [0.717, 1.165) is 17.7 Å². The third kappa shape index (κ3) is 4.36. The summed E-state index contributed by atoms with van der Waals surface area (Å²) in [6.45, 7) is 4.18. The van der Waals surface area contributed by atoms with Gasteiger partial charge in [-0.15, -0.1) is 11.6 Å². The van der Waals surface area contributed by atoms with Gasteiger partial charge in [0.05, 0.1) is 6.61 Å². The number of allylic oxidation sites excluding steroid dienone is 1. The summed E-state index contributed by atoms with van der Waals surface area (Å²) < 4.78 is 5.62. The second kappa shape index (κ2) is 9.26. The van der Waals surface area contributed by atoms with Crippen molar-refractivity contribution in [3.63, 3.8) is 0 Å². The van der Waals surface area contributed by atoms with Gasteiger partial charge in [0.2, 0.25) is 0 Å². The van der Waals surface area contributed by atoms with Crippen molar-refractivity contribution < 1.29 is 4.74 Å². The van der Waals surface area contributed by atoms with Gasteiger partial charge in [-0.25, -0.2) is 0 Å². The second-order valence-corrected chi connectivity index (χ2v) is 6.28. The summed E-state index contributed by atoms with van der Waals surface area (Å²) in [5.74, 6) is 1.39. The predicted molar refractivity (Wildman–Crippen MR) is 111 cm³/mol. The molecule has 0 aliphatic carbocycles. The normalized spacial score (nSPS) is 11.8. The molecule has 0 saturated carbocycles. The molecule has 1 nitrogen and oxygen atoms in total. The number of halogens is 1. The Morgan fingerprint density at radius 2 is 1.38 bits per heavy atom. The number of alkyl halides is 1. The molecule has 0 aliphatic heterocycles. The lowest BCUT2D eigenvalue weighted by Crippen LogP contribution is -1.98. The summed E-state index contributed by atoms with van der Waals surface area (Å²) >= 11 is 6.18. The molecule has 3 rings (SSSR count). The maximum absolute atomic E-state index is 6.18. The third-order valence-electron chi connectivity index (χ3n) is 4.22. The Hall–Kier alpha value is -2.51. The van der Waals surface area contributed by atoms with Crippen LogP contribution < -0.4 is 4.74 Å². The van der Waals surface area contributed by atoms with Crippen molar-refractivity contribution in [2.75, 3.05) is 12.5 Å². The highest BCUT2D eigenvalue weighted by Gasteiger charge is 2.14. The van der Waals surface area contributed by atoms with Crippen LogP contribution in [0.1, 0.15) is 23.1 Å². The predicted octanol–water partition coefficient (Wildman–Crippen LogP) is 6.49. The topological polar surface area (TPSA) is 9.23 Å². The van der Waals surface area contributed by atoms with Crippen molar-refractivity contribution >= 4 is 22.7 Å². The lowest BCUT2D eigenvalue weighted by molar-refractivity contribution is 0.361. The number of benzene rings is 3. The molecule has 0 saturated heterocycles. The van der Waals surface area contributed by atoms with E-state index in [1.54, 1.807) is 0 Å². The molecule has 131 valence electrons. The molecule has 0 aliphatic rings. The van der Waals surface area contributed by atoms with E-state index in [1.807, 2.05) is 24.3 Å². The summed E-state index contributed by atoms with van der Waals surface area (Å²) in [6, 6.07) is 29.1. The molecule has 2 heteroatoms. The molecule has 0 atom stereocenters. The molecular weight excluding hydrogens is 340 g/mol. The number of rotatable bonds is 7. The molecule has 3 aromatic carbocycles. The van der Waals surface area contributed by atoms with Gasteiger partial charge in [-0.05, 0) is 53.3 Å². The SMILES string of the molecule is [CH2]COc1cccc(/C(=C(/CCCl)c2ccccc2)c2ccccc2)c1. The van der Waals surface area contributed by atoms with Crippen molar-refractivity contribution in [3.8, 4) is 5.75 Å². The highest BCUT2D eigenvalue weighted by molar-refractivity contribution is 6.18. The lowest BCUT2D eigenvalue weighted by Gasteiger charge is -2.17. The minimum absolute atomic E-state index is 0.404. The van der Waals surface area contributed by atoms with Crippen LogP contribution in [-0.4, -0.2) is 12.5 Å². The van der Waals surface area contributed by atoms with Gasteiger partial charge in [-0.3, -0.25) is 0 Å². The summed E-state index contributed by atoms with van der Waals surface area (Å²) in [7, 11) is 0. The van der Waals surface area contributed by atoms with Crippen LogP contribution in [0.2, 0.25) is 0 Å². The van der Waals surface area contributed by atoms with Crippen LogP contribution in [0.4, 0.5) is 0 Å². The minimum Gasteiger partial charge on any atom is -0.494 e. The fourth-order valence-electron chi connectivity index (χ4n) is 3.13. The highest BCUT2D eigenvalue weighted by atomic mass is 35.5. The van der Waals surface area contributed by atoms with Crippen LogP contribution in [0.5, 0.6) is 5.75 Å². The quantitative estimate of drug-likeness (QED) is 0.345. The molecule has 0 fully saturated rings. The van der Waals surface area contributed by atoms with Crippen LogP contribution in [0.3, 0.4) is 0 Å². The van der Waals surface area contributed by atoms with E-state index < -0.39 is 0 Å². The average molecular weight is 362 g/mol. The fourth-order valence-corrected chi connectivity index (χ4v) is 3.32. The molecule has 0 heterocycles. The molecule has 0 bridgehead atoms. The van der Waals surface area contributed by atoms with Crippen molar-refractivity contribution in [2.45, 2.75) is 6.42 Å². The Bertz CT molecular complexity index is 854. The average Bonchev–Trinajstić information content (AvgIpc) is 2.70. The number of hydrogen-bond acceptors (Lipinski definition) is 1. The number of ether oxygens (including phenoxy) is 1. The molecule has 0 N–H and O–H groups in total. The van der Waals surface area contributed by atoms with E-state index in [1.165, 1.54) is 22.3 Å². The summed E-state index contributed by atoms with van der Waals surface area (Å²) in [5.41, 5.74) is 5.90. The molecule has 0 spiro atoms. The van der Waals surface area contributed by atoms with Crippen molar-refractivity contribution in [2.24, 2.45) is 0 Å². The van der Waals surface area contributed by atoms with E-state index in [2.05, 4.69) is 67.6 Å². The molecule has 1 radical (unpaired) electrons. The first-order valence-corrected chi connectivity index (χ1v) is 9.29. The lowest BCUT2D eigenvalue weighted by atomic mass is 9.88. The molecule has 0 amide bonds. The maximum atomic E-state index is 6.18. The Kier molecular flexibility index (Phi) is 6.51. The van der Waals surface area contributed by atoms with Gasteiger partial charge in [0, 0.05) is 5.88 Å². The fraction of sp³-hybridized carbons (Fsp3) is 0.125. The van der Waals surface area contributed by atoms with Crippen molar-refractivity contribution in [1.29, 1.82) is 0 Å². The van der Waals surface area contributed by atoms with Gasteiger partial charge in [-0.1, -0.05) is 72.8 Å². The Labute approximate surface area is 160 Å². The molecular formula is C24H22ClO. The van der Waals surface area contributed by atoms with Gasteiger partial charge in [-0.2, -0.15) is 0 Å². The Balaban J connectivity index is 2.24. The summed E-state index contributed by atoms with van der Waals surface area (Å²) in [4.78, 5) is 0. The molecule has 3 aromatic rings. The first-order valence-electron chi connectivity index (χ1n) is 8.76. The number of hydrogen-bond donors (Lipinski definition) is 0. The highest BCUT2D eigenvalue weighted by Crippen LogP contribution is 2.35. The van der Waals surface area contributed by atoms with E-state index >= 15 is 0 Å². The van der Waals surface area contributed by atoms with Gasteiger partial charge in [0.1, 0.15) is 5.75 Å². The summed E-state index contributed by atoms with van der Waals surface area (Å²) in [5, 5.41) is 0. The maximum Gasteiger partial charge on any atom is 0.119 e. The van der Waals surface area contributed by atoms with Crippen LogP contribution in [0, 0.1) is 6.92 Å². The third-order valence-corrected chi connectivity index (χ3v) is 4.41. The minimum atomic E-state index is 0.404. The van der Waals surface area contributed by atoms with Gasteiger partial charge < -0.3 is 4.74 Å². The second-order valence-electron chi connectivity index (χ2n) is 5.90. The standard InChI is InChI=1S/C24H22ClO/c1-2-26-22-15-9-14-21(18-22)24(20-12-7-4-8-13-20)23(16-17-25)19-10-5-3-6-11-19/h3-15,18H,1-2,16-17H2/b24-23-. The summed E-state index contributed by atoms with van der Waals surface area (Å²) in [6.07, 6.45) is 0.788. The van der Waals surface area contributed by atoms with E-state index in [0.29, 0.717) is 12.5 Å². The Morgan fingerprint density at radius 3 is 2.00 bits per heavy atom. The van der Waals surface area contributed by atoms with Crippen LogP contribution in [0.25, 0.3) is 11.1 Å². The first-order chi connectivity index (χ1) is 12.8. The molecule has 0 aromatic heterocycles.